The highest BCUT2D eigenvalue weighted by atomic mass is 19.1. The Kier molecular flexibility index (Phi) is 5.09. The topological polar surface area (TPSA) is 35.6 Å². The number of nitrogens with one attached hydrogen (secondary N) is 1. The Hall–Kier alpha value is -1.46. The Labute approximate surface area is 119 Å². The van der Waals surface area contributed by atoms with E-state index in [1.165, 1.54) is 6.07 Å². The van der Waals surface area contributed by atoms with Crippen molar-refractivity contribution in [2.24, 2.45) is 0 Å². The number of nitrogens with zero attached hydrogens (tertiary/aromatic N) is 2. The molecule has 1 atom stereocenters. The number of hydrogen-bond acceptors (Lipinski definition) is 3. The predicted octanol–water partition coefficient (Wildman–Crippen LogP) is 1.60. The van der Waals surface area contributed by atoms with Gasteiger partial charge in [-0.05, 0) is 39.5 Å². The molecule has 4 nitrogen and oxygen atoms in total. The van der Waals surface area contributed by atoms with E-state index < -0.39 is 0 Å². The number of carbonyl (C=O) groups is 1. The molecule has 1 N–H and O–H groups in total. The lowest BCUT2D eigenvalue weighted by atomic mass is 10.1. The van der Waals surface area contributed by atoms with Crippen LogP contribution in [0, 0.1) is 5.82 Å². The first-order valence-corrected chi connectivity index (χ1v) is 7.01. The van der Waals surface area contributed by atoms with Gasteiger partial charge in [-0.25, -0.2) is 4.39 Å². The van der Waals surface area contributed by atoms with Gasteiger partial charge >= 0.3 is 0 Å². The van der Waals surface area contributed by atoms with E-state index in [1.807, 2.05) is 14.1 Å². The summed E-state index contributed by atoms with van der Waals surface area (Å²) in [6.07, 6.45) is 1.63. The van der Waals surface area contributed by atoms with Gasteiger partial charge in [-0.3, -0.25) is 10.1 Å². The van der Waals surface area contributed by atoms with E-state index in [-0.39, 0.29) is 24.4 Å². The highest BCUT2D eigenvalue weighted by Crippen LogP contribution is 2.24. The summed E-state index contributed by atoms with van der Waals surface area (Å²) in [5.41, 5.74) is 0.547. The fourth-order valence-corrected chi connectivity index (χ4v) is 2.48. The first-order valence-electron chi connectivity index (χ1n) is 7.01. The van der Waals surface area contributed by atoms with Crippen molar-refractivity contribution < 1.29 is 9.18 Å². The molecule has 2 rings (SSSR count). The van der Waals surface area contributed by atoms with Crippen molar-refractivity contribution >= 4 is 5.91 Å². The van der Waals surface area contributed by atoms with Gasteiger partial charge in [0.25, 0.3) is 0 Å². The monoisotopic (exact) mass is 279 g/mol. The zero-order chi connectivity index (χ0) is 14.5. The summed E-state index contributed by atoms with van der Waals surface area (Å²) in [5.74, 6) is -0.221. The fraction of sp³-hybridized carbons (Fsp3) is 0.533. The smallest absolute Gasteiger partial charge is 0.238 e. The van der Waals surface area contributed by atoms with E-state index in [0.29, 0.717) is 12.1 Å². The van der Waals surface area contributed by atoms with E-state index in [1.54, 1.807) is 23.1 Å². The summed E-state index contributed by atoms with van der Waals surface area (Å²) >= 11 is 0. The Morgan fingerprint density at radius 1 is 1.35 bits per heavy atom. The van der Waals surface area contributed by atoms with Crippen LogP contribution in [-0.4, -0.2) is 49.4 Å². The molecule has 1 aromatic rings. The van der Waals surface area contributed by atoms with E-state index in [0.717, 1.165) is 19.4 Å². The van der Waals surface area contributed by atoms with Gasteiger partial charge in [0.1, 0.15) is 12.0 Å². The largest absolute Gasteiger partial charge is 0.322 e. The lowest BCUT2D eigenvalue weighted by molar-refractivity contribution is -0.128. The molecule has 0 aliphatic carbocycles. The maximum Gasteiger partial charge on any atom is 0.238 e. The molecule has 20 heavy (non-hydrogen) atoms. The lowest BCUT2D eigenvalue weighted by Gasteiger charge is -2.25. The van der Waals surface area contributed by atoms with E-state index >= 15 is 0 Å². The standard InChI is InChI=1S/C15H22FN3O/c1-18(2)9-5-6-10-19-14(20)11-17-15(19)12-7-3-4-8-13(12)16/h3-4,7-8,15,17H,5-6,9-11H2,1-2H3. The molecule has 1 unspecified atom stereocenters. The van der Waals surface area contributed by atoms with Crippen LogP contribution >= 0.6 is 0 Å². The minimum atomic E-state index is -0.331. The third kappa shape index (κ3) is 3.55. The van der Waals surface area contributed by atoms with Gasteiger partial charge in [-0.1, -0.05) is 18.2 Å². The zero-order valence-corrected chi connectivity index (χ0v) is 12.1. The van der Waals surface area contributed by atoms with Crippen molar-refractivity contribution in [3.8, 4) is 0 Å². The molecule has 0 saturated carbocycles. The van der Waals surface area contributed by atoms with E-state index in [9.17, 15) is 9.18 Å². The van der Waals surface area contributed by atoms with Crippen LogP contribution in [0.25, 0.3) is 0 Å². The zero-order valence-electron chi connectivity index (χ0n) is 12.1. The third-order valence-electron chi connectivity index (χ3n) is 3.53. The quantitative estimate of drug-likeness (QED) is 0.803. The van der Waals surface area contributed by atoms with Gasteiger partial charge in [0.15, 0.2) is 0 Å². The maximum absolute atomic E-state index is 13.9. The summed E-state index contributed by atoms with van der Waals surface area (Å²) in [6, 6.07) is 6.63. The SMILES string of the molecule is CN(C)CCCCN1C(=O)CNC1c1ccccc1F. The highest BCUT2D eigenvalue weighted by molar-refractivity contribution is 5.80. The van der Waals surface area contributed by atoms with Crippen LogP contribution in [0.1, 0.15) is 24.6 Å². The van der Waals surface area contributed by atoms with Gasteiger partial charge in [0.05, 0.1) is 6.54 Å². The second-order valence-electron chi connectivity index (χ2n) is 5.40. The number of carbonyl (C=O) groups excluding carboxylic acids is 1. The molecule has 0 bridgehead atoms. The van der Waals surface area contributed by atoms with Crippen LogP contribution in [-0.2, 0) is 4.79 Å². The number of amides is 1. The van der Waals surface area contributed by atoms with Crippen LogP contribution in [0.15, 0.2) is 24.3 Å². The van der Waals surface area contributed by atoms with Crippen LogP contribution in [0.4, 0.5) is 4.39 Å². The molecular weight excluding hydrogens is 257 g/mol. The van der Waals surface area contributed by atoms with Crippen LogP contribution < -0.4 is 5.32 Å². The molecule has 1 aliphatic rings. The molecular formula is C15H22FN3O. The second kappa shape index (κ2) is 6.81. The van der Waals surface area contributed by atoms with Crippen molar-refractivity contribution in [2.75, 3.05) is 33.7 Å². The molecule has 0 spiro atoms. The number of benzene rings is 1. The first-order chi connectivity index (χ1) is 9.59. The summed E-state index contributed by atoms with van der Waals surface area (Å²) in [4.78, 5) is 15.8. The summed E-state index contributed by atoms with van der Waals surface area (Å²) in [6.45, 7) is 1.95. The van der Waals surface area contributed by atoms with Crippen molar-refractivity contribution in [2.45, 2.75) is 19.0 Å². The normalized spacial score (nSPS) is 19.1. The summed E-state index contributed by atoms with van der Waals surface area (Å²) in [5, 5.41) is 3.09. The Morgan fingerprint density at radius 3 is 2.80 bits per heavy atom. The average molecular weight is 279 g/mol. The molecule has 110 valence electrons. The van der Waals surface area contributed by atoms with E-state index in [2.05, 4.69) is 10.2 Å². The fourth-order valence-electron chi connectivity index (χ4n) is 2.48. The second-order valence-corrected chi connectivity index (χ2v) is 5.40. The van der Waals surface area contributed by atoms with Gasteiger partial charge in [0.2, 0.25) is 5.91 Å². The van der Waals surface area contributed by atoms with Crippen molar-refractivity contribution in [1.82, 2.24) is 15.1 Å². The van der Waals surface area contributed by atoms with Crippen molar-refractivity contribution in [3.63, 3.8) is 0 Å². The molecule has 1 aliphatic heterocycles. The number of halogens is 1. The molecule has 1 amide bonds. The van der Waals surface area contributed by atoms with Crippen LogP contribution in [0.2, 0.25) is 0 Å². The van der Waals surface area contributed by atoms with Crippen molar-refractivity contribution in [1.29, 1.82) is 0 Å². The average Bonchev–Trinajstić information content (AvgIpc) is 2.76. The molecule has 5 heteroatoms. The first kappa shape index (κ1) is 14.9. The summed E-state index contributed by atoms with van der Waals surface area (Å²) < 4.78 is 13.9. The highest BCUT2D eigenvalue weighted by Gasteiger charge is 2.32. The molecule has 0 radical (unpaired) electrons. The number of unbranched alkanes of at least 4 members (excludes halogenated alkanes) is 1. The number of rotatable bonds is 6. The molecule has 1 heterocycles. The Bertz CT molecular complexity index is 464. The summed E-state index contributed by atoms with van der Waals surface area (Å²) in [7, 11) is 4.06. The predicted molar refractivity (Wildman–Crippen MR) is 76.6 cm³/mol. The lowest BCUT2D eigenvalue weighted by Crippen LogP contribution is -2.32. The minimum absolute atomic E-state index is 0.0445. The number of hydrogen-bond donors (Lipinski definition) is 1. The van der Waals surface area contributed by atoms with Gasteiger partial charge in [-0.15, -0.1) is 0 Å². The van der Waals surface area contributed by atoms with Gasteiger partial charge in [-0.2, -0.15) is 0 Å². The van der Waals surface area contributed by atoms with Gasteiger partial charge in [0, 0.05) is 12.1 Å². The van der Waals surface area contributed by atoms with E-state index in [4.69, 9.17) is 0 Å². The van der Waals surface area contributed by atoms with Crippen LogP contribution in [0.5, 0.6) is 0 Å². The minimum Gasteiger partial charge on any atom is -0.322 e. The Morgan fingerprint density at radius 2 is 2.10 bits per heavy atom. The maximum atomic E-state index is 13.9. The van der Waals surface area contributed by atoms with Crippen molar-refractivity contribution in [3.05, 3.63) is 35.6 Å². The Balaban J connectivity index is 1.98. The van der Waals surface area contributed by atoms with Crippen LogP contribution in [0.3, 0.4) is 0 Å². The molecule has 0 aromatic heterocycles. The van der Waals surface area contributed by atoms with Gasteiger partial charge < -0.3 is 9.80 Å². The molecule has 1 saturated heterocycles. The molecule has 1 fully saturated rings. The molecule has 1 aromatic carbocycles. The third-order valence-corrected chi connectivity index (χ3v) is 3.53.